The number of amides is 2. The van der Waals surface area contributed by atoms with E-state index in [-0.39, 0.29) is 36.9 Å². The molecular weight excluding hydrogens is 606 g/mol. The van der Waals surface area contributed by atoms with Gasteiger partial charge in [-0.05, 0) is 55.0 Å². The highest BCUT2D eigenvalue weighted by atomic mass is 19.1. The molecule has 1 N–H and O–H groups in total. The molecule has 1 aromatic heterocycles. The summed E-state index contributed by atoms with van der Waals surface area (Å²) in [6, 6.07) is 17.5. The van der Waals surface area contributed by atoms with E-state index in [1.807, 2.05) is 12.1 Å². The molecule has 0 unspecified atom stereocenters. The second-order valence-corrected chi connectivity index (χ2v) is 12.5. The molecule has 47 heavy (non-hydrogen) atoms. The number of aromatic nitrogens is 2. The minimum absolute atomic E-state index is 0.0510. The van der Waals surface area contributed by atoms with Crippen molar-refractivity contribution in [2.75, 3.05) is 75.8 Å². The van der Waals surface area contributed by atoms with Gasteiger partial charge in [-0.1, -0.05) is 0 Å². The summed E-state index contributed by atoms with van der Waals surface area (Å²) >= 11 is 0. The summed E-state index contributed by atoms with van der Waals surface area (Å²) in [7, 11) is 0. The van der Waals surface area contributed by atoms with E-state index in [4.69, 9.17) is 9.47 Å². The highest BCUT2D eigenvalue weighted by molar-refractivity contribution is 5.75. The largest absolute Gasteiger partial charge is 0.486 e. The summed E-state index contributed by atoms with van der Waals surface area (Å²) < 4.78 is 40.0. The Morgan fingerprint density at radius 3 is 2.40 bits per heavy atom. The number of hydrogen-bond acceptors (Lipinski definition) is 9. The first-order chi connectivity index (χ1) is 22.9. The number of nitrogens with one attached hydrogen (secondary N) is 1. The minimum atomic E-state index is -1.44. The average Bonchev–Trinajstić information content (AvgIpc) is 3.51. The lowest BCUT2D eigenvalue weighted by atomic mass is 10.1. The third kappa shape index (κ3) is 6.94. The zero-order valence-electron chi connectivity index (χ0n) is 26.1. The van der Waals surface area contributed by atoms with Gasteiger partial charge in [-0.25, -0.2) is 23.5 Å². The number of likely N-dealkylation sites (tertiary alicyclic amines) is 2. The fraction of sp³-hybridized carbons (Fsp3) is 0.471. The first-order valence-corrected chi connectivity index (χ1v) is 16.2. The van der Waals surface area contributed by atoms with Crippen LogP contribution in [0.4, 0.5) is 30.8 Å². The van der Waals surface area contributed by atoms with Gasteiger partial charge in [-0.3, -0.25) is 4.90 Å². The lowest BCUT2D eigenvalue weighted by Crippen LogP contribution is -2.56. The average molecular weight is 645 g/mol. The molecular formula is C34H38F2N8O3. The van der Waals surface area contributed by atoms with Crippen LogP contribution in [0.5, 0.6) is 5.75 Å². The summed E-state index contributed by atoms with van der Waals surface area (Å²) in [5.41, 5.74) is 2.94. The van der Waals surface area contributed by atoms with Crippen molar-refractivity contribution in [2.45, 2.75) is 37.3 Å². The van der Waals surface area contributed by atoms with Crippen LogP contribution in [0.25, 0.3) is 11.4 Å². The second kappa shape index (κ2) is 13.7. The number of hydrogen-bond donors (Lipinski definition) is 1. The number of carbonyl (C=O) groups is 1. The van der Waals surface area contributed by atoms with E-state index in [2.05, 4.69) is 43.3 Å². The van der Waals surface area contributed by atoms with E-state index in [1.165, 1.54) is 15.5 Å². The van der Waals surface area contributed by atoms with Gasteiger partial charge in [-0.15, -0.1) is 0 Å². The van der Waals surface area contributed by atoms with Crippen LogP contribution in [0, 0.1) is 11.3 Å². The minimum Gasteiger partial charge on any atom is -0.486 e. The monoisotopic (exact) mass is 644 g/mol. The Labute approximate surface area is 272 Å². The van der Waals surface area contributed by atoms with Crippen LogP contribution in [0.1, 0.15) is 18.4 Å². The topological polar surface area (TPSA) is 110 Å². The zero-order valence-corrected chi connectivity index (χ0v) is 26.1. The molecule has 0 bridgehead atoms. The number of rotatable bonds is 7. The molecule has 0 spiro atoms. The molecule has 0 aliphatic carbocycles. The lowest BCUT2D eigenvalue weighted by molar-refractivity contribution is -0.0660. The Hall–Kier alpha value is -4.54. The van der Waals surface area contributed by atoms with E-state index >= 15 is 4.39 Å². The van der Waals surface area contributed by atoms with E-state index in [9.17, 15) is 14.4 Å². The molecule has 4 saturated heterocycles. The fourth-order valence-corrected chi connectivity index (χ4v) is 6.55. The molecule has 0 saturated carbocycles. The van der Waals surface area contributed by atoms with Crippen molar-refractivity contribution in [3.8, 4) is 23.2 Å². The molecule has 7 rings (SSSR count). The molecule has 11 nitrogen and oxygen atoms in total. The van der Waals surface area contributed by atoms with E-state index in [0.717, 1.165) is 45.1 Å². The normalized spacial score (nSPS) is 23.7. The SMILES string of the molecule is N#Cc1cc(-c2nccc(Nc3ccc(N4CCN(C5COC5)CC4)cc3)n2)ccc1O[C@H]1CCN(C(=O)N2CC[C@@H](F)C2)C[C@H]1F. The summed E-state index contributed by atoms with van der Waals surface area (Å²) in [6.45, 7) is 6.31. The van der Waals surface area contributed by atoms with Crippen LogP contribution < -0.4 is 15.0 Å². The molecule has 2 amide bonds. The van der Waals surface area contributed by atoms with E-state index in [1.54, 1.807) is 30.5 Å². The molecule has 246 valence electrons. The Balaban J connectivity index is 0.955. The van der Waals surface area contributed by atoms with E-state index in [0.29, 0.717) is 42.8 Å². The predicted molar refractivity (Wildman–Crippen MR) is 172 cm³/mol. The maximum absolute atomic E-state index is 15.2. The Kier molecular flexibility index (Phi) is 9.04. The van der Waals surface area contributed by atoms with Gasteiger partial charge in [0.2, 0.25) is 0 Å². The quantitative estimate of drug-likeness (QED) is 0.404. The zero-order chi connectivity index (χ0) is 32.3. The number of carbonyl (C=O) groups excluding carboxylic acids is 1. The number of ether oxygens (including phenoxy) is 2. The molecule has 13 heteroatoms. The van der Waals surface area contributed by atoms with Gasteiger partial charge in [-0.2, -0.15) is 5.26 Å². The number of alkyl halides is 2. The Morgan fingerprint density at radius 2 is 1.72 bits per heavy atom. The summed E-state index contributed by atoms with van der Waals surface area (Å²) in [6.07, 6.45) is -1.06. The van der Waals surface area contributed by atoms with Crippen molar-refractivity contribution in [1.29, 1.82) is 5.26 Å². The number of halogens is 2. The number of piperidine rings is 1. The van der Waals surface area contributed by atoms with Crippen molar-refractivity contribution < 1.29 is 23.0 Å². The fourth-order valence-electron chi connectivity index (χ4n) is 6.55. The van der Waals surface area contributed by atoms with Crippen LogP contribution in [0.2, 0.25) is 0 Å². The van der Waals surface area contributed by atoms with Crippen molar-refractivity contribution in [2.24, 2.45) is 0 Å². The van der Waals surface area contributed by atoms with Gasteiger partial charge in [0.05, 0.1) is 37.9 Å². The number of benzene rings is 2. The molecule has 5 heterocycles. The first kappa shape index (κ1) is 31.1. The summed E-state index contributed by atoms with van der Waals surface area (Å²) in [4.78, 5) is 29.5. The molecule has 3 aromatic rings. The van der Waals surface area contributed by atoms with Crippen LogP contribution in [-0.2, 0) is 4.74 Å². The van der Waals surface area contributed by atoms with Crippen LogP contribution >= 0.6 is 0 Å². The summed E-state index contributed by atoms with van der Waals surface area (Å²) in [5.74, 6) is 1.30. The van der Waals surface area contributed by atoms with Crippen LogP contribution in [0.15, 0.2) is 54.7 Å². The van der Waals surface area contributed by atoms with Crippen molar-refractivity contribution >= 4 is 23.2 Å². The molecule has 4 fully saturated rings. The smallest absolute Gasteiger partial charge is 0.320 e. The Morgan fingerprint density at radius 1 is 0.957 bits per heavy atom. The van der Waals surface area contributed by atoms with Crippen molar-refractivity contribution in [3.63, 3.8) is 0 Å². The standard InChI is InChI=1S/C34H38F2N8O3/c35-25-8-11-43(19-25)34(45)44-12-9-31(29(36)20-44)47-30-6-1-23(17-24(30)18-37)33-38-10-7-32(40-33)39-26-2-4-27(5-3-26)41-13-15-42(16-14-41)28-21-46-22-28/h1-7,10,17,25,28-29,31H,8-9,11-16,19-22H2,(H,38,39,40)/t25-,29-,31+/m1/s1. The number of urea groups is 1. The molecule has 3 atom stereocenters. The highest BCUT2D eigenvalue weighted by Crippen LogP contribution is 2.30. The second-order valence-electron chi connectivity index (χ2n) is 12.5. The molecule has 2 aromatic carbocycles. The van der Waals surface area contributed by atoms with Gasteiger partial charge in [0, 0.05) is 68.8 Å². The maximum Gasteiger partial charge on any atom is 0.320 e. The third-order valence-electron chi connectivity index (χ3n) is 9.40. The van der Waals surface area contributed by atoms with Gasteiger partial charge in [0.15, 0.2) is 12.0 Å². The number of nitriles is 1. The maximum atomic E-state index is 15.2. The molecule has 4 aliphatic rings. The highest BCUT2D eigenvalue weighted by Gasteiger charge is 2.37. The van der Waals surface area contributed by atoms with Crippen LogP contribution in [0.3, 0.4) is 0 Å². The predicted octanol–water partition coefficient (Wildman–Crippen LogP) is 4.23. The van der Waals surface area contributed by atoms with Gasteiger partial charge >= 0.3 is 6.03 Å². The summed E-state index contributed by atoms with van der Waals surface area (Å²) in [5, 5.41) is 13.2. The van der Waals surface area contributed by atoms with Crippen molar-refractivity contribution in [1.82, 2.24) is 24.7 Å². The molecule has 0 radical (unpaired) electrons. The number of nitrogens with zero attached hydrogens (tertiary/aromatic N) is 7. The first-order valence-electron chi connectivity index (χ1n) is 16.2. The number of anilines is 3. The van der Waals surface area contributed by atoms with Gasteiger partial charge in [0.25, 0.3) is 0 Å². The van der Waals surface area contributed by atoms with Gasteiger partial charge in [0.1, 0.15) is 29.9 Å². The molecule has 4 aliphatic heterocycles. The lowest BCUT2D eigenvalue weighted by Gasteiger charge is -2.43. The third-order valence-corrected chi connectivity index (χ3v) is 9.40. The van der Waals surface area contributed by atoms with Crippen LogP contribution in [-0.4, -0.2) is 121 Å². The van der Waals surface area contributed by atoms with E-state index < -0.39 is 18.4 Å². The Bertz CT molecular complexity index is 1610. The van der Waals surface area contributed by atoms with Crippen molar-refractivity contribution in [3.05, 3.63) is 60.3 Å². The van der Waals surface area contributed by atoms with Gasteiger partial charge < -0.3 is 29.5 Å². The number of piperazine rings is 1.